The maximum atomic E-state index is 6.15. The maximum absolute atomic E-state index is 6.15. The molecule has 0 amide bonds. The number of hydrogen-bond acceptors (Lipinski definition) is 4. The minimum atomic E-state index is 0.133. The third-order valence-corrected chi connectivity index (χ3v) is 5.75. The Labute approximate surface area is 155 Å². The van der Waals surface area contributed by atoms with Crippen molar-refractivity contribution < 1.29 is 9.15 Å². The van der Waals surface area contributed by atoms with E-state index in [1.807, 2.05) is 23.9 Å². The molecule has 1 unspecified atom stereocenters. The van der Waals surface area contributed by atoms with Gasteiger partial charge >= 0.3 is 0 Å². The number of hydrogen-bond donors (Lipinski definition) is 2. The van der Waals surface area contributed by atoms with Crippen molar-refractivity contribution >= 4 is 17.7 Å². The Bertz CT molecular complexity index is 527. The number of thioether (sulfide) groups is 1. The lowest BCUT2D eigenvalue weighted by Gasteiger charge is -2.39. The Morgan fingerprint density at radius 3 is 3.04 bits per heavy atom. The zero-order valence-electron chi connectivity index (χ0n) is 15.3. The topological polar surface area (TPSA) is 58.8 Å². The van der Waals surface area contributed by atoms with Gasteiger partial charge in [0.25, 0.3) is 0 Å². The summed E-state index contributed by atoms with van der Waals surface area (Å²) in [5.41, 5.74) is 0.133. The molecule has 1 aromatic rings. The molecule has 3 rings (SSSR count). The summed E-state index contributed by atoms with van der Waals surface area (Å²) in [5, 5.41) is 7.14. The second kappa shape index (κ2) is 9.53. The lowest BCUT2D eigenvalue weighted by molar-refractivity contribution is -0.0815. The lowest BCUT2D eigenvalue weighted by atomic mass is 9.89. The zero-order valence-corrected chi connectivity index (χ0v) is 16.1. The van der Waals surface area contributed by atoms with Crippen molar-refractivity contribution in [3.8, 4) is 0 Å². The van der Waals surface area contributed by atoms with E-state index in [2.05, 4.69) is 16.9 Å². The highest BCUT2D eigenvalue weighted by atomic mass is 32.2. The predicted molar refractivity (Wildman–Crippen MR) is 104 cm³/mol. The van der Waals surface area contributed by atoms with E-state index < -0.39 is 0 Å². The molecule has 0 radical (unpaired) electrons. The summed E-state index contributed by atoms with van der Waals surface area (Å²) in [5.74, 6) is 2.98. The Hall–Kier alpha value is -1.14. The highest BCUT2D eigenvalue weighted by Crippen LogP contribution is 2.39. The molecule has 2 aliphatic rings. The largest absolute Gasteiger partial charge is 0.469 e. The van der Waals surface area contributed by atoms with E-state index in [1.54, 1.807) is 6.26 Å². The Balaban J connectivity index is 1.52. The molecule has 1 spiro atoms. The summed E-state index contributed by atoms with van der Waals surface area (Å²) in [7, 11) is 0. The molecule has 1 atom stereocenters. The first-order chi connectivity index (χ1) is 12.3. The minimum absolute atomic E-state index is 0.133. The molecule has 2 N–H and O–H groups in total. The lowest BCUT2D eigenvalue weighted by Crippen LogP contribution is -2.51. The molecule has 2 fully saturated rings. The first-order valence-corrected chi connectivity index (χ1v) is 10.9. The molecule has 0 bridgehead atoms. The molecular formula is C19H31N3O2S. The number of nitrogens with one attached hydrogen (secondary N) is 2. The van der Waals surface area contributed by atoms with Crippen molar-refractivity contribution in [2.24, 2.45) is 4.99 Å². The smallest absolute Gasteiger partial charge is 0.191 e. The Kier molecular flexibility index (Phi) is 7.11. The molecule has 25 heavy (non-hydrogen) atoms. The fourth-order valence-corrected chi connectivity index (χ4v) is 4.15. The van der Waals surface area contributed by atoms with Crippen LogP contribution in [0.5, 0.6) is 0 Å². The van der Waals surface area contributed by atoms with Crippen molar-refractivity contribution in [2.75, 3.05) is 31.7 Å². The van der Waals surface area contributed by atoms with E-state index in [1.165, 1.54) is 25.7 Å². The third-order valence-electron chi connectivity index (χ3n) is 5.16. The Morgan fingerprint density at radius 1 is 1.40 bits per heavy atom. The van der Waals surface area contributed by atoms with Crippen LogP contribution in [0.3, 0.4) is 0 Å². The van der Waals surface area contributed by atoms with Crippen LogP contribution in [0.25, 0.3) is 0 Å². The normalized spacial score (nSPS) is 23.1. The van der Waals surface area contributed by atoms with Gasteiger partial charge in [-0.05, 0) is 44.1 Å². The summed E-state index contributed by atoms with van der Waals surface area (Å²) >= 11 is 1.83. The van der Waals surface area contributed by atoms with Gasteiger partial charge in [-0.15, -0.1) is 0 Å². The molecule has 140 valence electrons. The van der Waals surface area contributed by atoms with Gasteiger partial charge in [-0.2, -0.15) is 11.8 Å². The van der Waals surface area contributed by atoms with Gasteiger partial charge in [0.2, 0.25) is 0 Å². The Morgan fingerprint density at radius 2 is 2.28 bits per heavy atom. The van der Waals surface area contributed by atoms with E-state index >= 15 is 0 Å². The number of rotatable bonds is 7. The minimum Gasteiger partial charge on any atom is -0.469 e. The SMILES string of the molecule is CSCCN=C(NCCc1ccco1)NC1CCOC2(CCCC2)C1. The van der Waals surface area contributed by atoms with Crippen LogP contribution < -0.4 is 10.6 Å². The van der Waals surface area contributed by atoms with Crippen LogP contribution in [0.15, 0.2) is 27.8 Å². The van der Waals surface area contributed by atoms with Crippen molar-refractivity contribution in [3.63, 3.8) is 0 Å². The molecule has 2 heterocycles. The average molecular weight is 366 g/mol. The number of furan rings is 1. The van der Waals surface area contributed by atoms with E-state index in [0.717, 1.165) is 56.4 Å². The summed E-state index contributed by atoms with van der Waals surface area (Å²) in [6.07, 6.45) is 11.9. The number of nitrogens with zero attached hydrogens (tertiary/aromatic N) is 1. The van der Waals surface area contributed by atoms with E-state index in [4.69, 9.17) is 14.1 Å². The quantitative estimate of drug-likeness (QED) is 0.441. The van der Waals surface area contributed by atoms with Crippen LogP contribution in [-0.2, 0) is 11.2 Å². The van der Waals surface area contributed by atoms with Crippen LogP contribution in [0.2, 0.25) is 0 Å². The van der Waals surface area contributed by atoms with Crippen LogP contribution in [-0.4, -0.2) is 49.3 Å². The molecule has 0 aromatic carbocycles. The van der Waals surface area contributed by atoms with Gasteiger partial charge in [0, 0.05) is 31.4 Å². The molecule has 5 nitrogen and oxygen atoms in total. The number of ether oxygens (including phenoxy) is 1. The molecule has 1 saturated heterocycles. The maximum Gasteiger partial charge on any atom is 0.191 e. The van der Waals surface area contributed by atoms with Crippen LogP contribution >= 0.6 is 11.8 Å². The number of guanidine groups is 1. The molecular weight excluding hydrogens is 334 g/mol. The summed E-state index contributed by atoms with van der Waals surface area (Å²) < 4.78 is 11.6. The number of aliphatic imine (C=N–C) groups is 1. The van der Waals surface area contributed by atoms with Gasteiger partial charge in [0.05, 0.1) is 18.4 Å². The molecule has 1 aliphatic heterocycles. The second-order valence-electron chi connectivity index (χ2n) is 7.05. The summed E-state index contributed by atoms with van der Waals surface area (Å²) in [4.78, 5) is 4.74. The molecule has 6 heteroatoms. The fraction of sp³-hybridized carbons (Fsp3) is 0.737. The standard InChI is InChI=1S/C19H31N3O2S/c1-25-14-11-21-18(20-10-6-17-5-4-12-23-17)22-16-7-13-24-19(15-16)8-2-3-9-19/h4-5,12,16H,2-3,6-11,13-15H2,1H3,(H2,20,21,22). The van der Waals surface area contributed by atoms with Crippen LogP contribution in [0.4, 0.5) is 0 Å². The van der Waals surface area contributed by atoms with Crippen LogP contribution in [0.1, 0.15) is 44.3 Å². The van der Waals surface area contributed by atoms with Gasteiger partial charge in [-0.25, -0.2) is 0 Å². The van der Waals surface area contributed by atoms with Crippen molar-refractivity contribution in [3.05, 3.63) is 24.2 Å². The second-order valence-corrected chi connectivity index (χ2v) is 8.04. The fourth-order valence-electron chi connectivity index (χ4n) is 3.87. The van der Waals surface area contributed by atoms with E-state index in [-0.39, 0.29) is 5.60 Å². The molecule has 1 saturated carbocycles. The van der Waals surface area contributed by atoms with E-state index in [0.29, 0.717) is 6.04 Å². The molecule has 1 aliphatic carbocycles. The van der Waals surface area contributed by atoms with Gasteiger partial charge < -0.3 is 19.8 Å². The average Bonchev–Trinajstić information content (AvgIpc) is 3.28. The first kappa shape index (κ1) is 18.6. The van der Waals surface area contributed by atoms with Gasteiger partial charge in [0.1, 0.15) is 5.76 Å². The van der Waals surface area contributed by atoms with Gasteiger partial charge in [0.15, 0.2) is 5.96 Å². The highest BCUT2D eigenvalue weighted by Gasteiger charge is 2.40. The van der Waals surface area contributed by atoms with Crippen molar-refractivity contribution in [1.82, 2.24) is 10.6 Å². The first-order valence-electron chi connectivity index (χ1n) is 9.50. The zero-order chi connectivity index (χ0) is 17.4. The van der Waals surface area contributed by atoms with Crippen molar-refractivity contribution in [2.45, 2.75) is 56.6 Å². The predicted octanol–water partition coefficient (Wildman–Crippen LogP) is 3.21. The van der Waals surface area contributed by atoms with E-state index in [9.17, 15) is 0 Å². The third kappa shape index (κ3) is 5.68. The highest BCUT2D eigenvalue weighted by molar-refractivity contribution is 7.98. The van der Waals surface area contributed by atoms with Crippen molar-refractivity contribution in [1.29, 1.82) is 0 Å². The summed E-state index contributed by atoms with van der Waals surface area (Å²) in [6.45, 7) is 2.53. The van der Waals surface area contributed by atoms with Gasteiger partial charge in [-0.1, -0.05) is 12.8 Å². The summed E-state index contributed by atoms with van der Waals surface area (Å²) in [6, 6.07) is 4.41. The monoisotopic (exact) mass is 365 g/mol. The molecule has 1 aromatic heterocycles. The van der Waals surface area contributed by atoms with Gasteiger partial charge in [-0.3, -0.25) is 4.99 Å². The van der Waals surface area contributed by atoms with Crippen LogP contribution in [0, 0.1) is 0 Å².